The SMILES string of the molecule is CCc1c(NC(=O)c2ccc(N3CCCCC3)cc2)cccc1-c1cn(C)c(=O)c(Nc2ccc(CN3CCOCC3)cc2)n1. The van der Waals surface area contributed by atoms with Gasteiger partial charge in [-0.1, -0.05) is 31.2 Å². The van der Waals surface area contributed by atoms with Gasteiger partial charge in [0, 0.05) is 74.2 Å². The zero-order chi connectivity index (χ0) is 31.2. The zero-order valence-corrected chi connectivity index (χ0v) is 26.2. The van der Waals surface area contributed by atoms with Crippen molar-refractivity contribution in [1.82, 2.24) is 14.5 Å². The third kappa shape index (κ3) is 7.27. The smallest absolute Gasteiger partial charge is 0.293 e. The molecule has 2 aliphatic heterocycles. The van der Waals surface area contributed by atoms with Crippen LogP contribution < -0.4 is 21.1 Å². The molecule has 9 heteroatoms. The van der Waals surface area contributed by atoms with E-state index in [-0.39, 0.29) is 17.3 Å². The third-order valence-corrected chi connectivity index (χ3v) is 8.70. The number of piperidine rings is 1. The summed E-state index contributed by atoms with van der Waals surface area (Å²) in [6.07, 6.45) is 6.13. The van der Waals surface area contributed by atoms with Crippen molar-refractivity contribution in [2.45, 2.75) is 39.2 Å². The second-order valence-electron chi connectivity index (χ2n) is 11.8. The van der Waals surface area contributed by atoms with Crippen molar-refractivity contribution in [3.05, 3.63) is 100.0 Å². The number of aryl methyl sites for hydroxylation is 1. The minimum absolute atomic E-state index is 0.153. The molecule has 0 saturated carbocycles. The maximum atomic E-state index is 13.3. The van der Waals surface area contributed by atoms with Crippen LogP contribution in [0.25, 0.3) is 11.3 Å². The fourth-order valence-corrected chi connectivity index (χ4v) is 6.16. The molecule has 3 heterocycles. The predicted molar refractivity (Wildman–Crippen MR) is 181 cm³/mol. The van der Waals surface area contributed by atoms with Crippen molar-refractivity contribution in [3.8, 4) is 11.3 Å². The first kappa shape index (κ1) is 30.6. The molecule has 9 nitrogen and oxygen atoms in total. The van der Waals surface area contributed by atoms with Gasteiger partial charge in [0.1, 0.15) is 0 Å². The van der Waals surface area contributed by atoms with E-state index in [4.69, 9.17) is 9.72 Å². The van der Waals surface area contributed by atoms with Crippen LogP contribution in [0.5, 0.6) is 0 Å². The lowest BCUT2D eigenvalue weighted by Crippen LogP contribution is -2.35. The number of hydrogen-bond donors (Lipinski definition) is 2. The summed E-state index contributed by atoms with van der Waals surface area (Å²) in [4.78, 5) is 35.9. The average molecular weight is 607 g/mol. The molecule has 0 radical (unpaired) electrons. The Balaban J connectivity index is 1.19. The molecule has 0 bridgehead atoms. The molecule has 45 heavy (non-hydrogen) atoms. The monoisotopic (exact) mass is 606 g/mol. The van der Waals surface area contributed by atoms with Crippen molar-refractivity contribution in [1.29, 1.82) is 0 Å². The van der Waals surface area contributed by atoms with E-state index in [1.807, 2.05) is 54.6 Å². The number of carbonyl (C=O) groups excluding carboxylic acids is 1. The maximum Gasteiger partial charge on any atom is 0.293 e. The first-order chi connectivity index (χ1) is 22.0. The minimum atomic E-state index is -0.216. The molecule has 2 fully saturated rings. The topological polar surface area (TPSA) is 91.7 Å². The van der Waals surface area contributed by atoms with E-state index in [0.29, 0.717) is 17.7 Å². The predicted octanol–water partition coefficient (Wildman–Crippen LogP) is 5.83. The van der Waals surface area contributed by atoms with E-state index in [2.05, 4.69) is 39.5 Å². The van der Waals surface area contributed by atoms with Gasteiger partial charge in [-0.3, -0.25) is 14.5 Å². The van der Waals surface area contributed by atoms with Crippen molar-refractivity contribution >= 4 is 28.8 Å². The van der Waals surface area contributed by atoms with Gasteiger partial charge in [-0.15, -0.1) is 0 Å². The number of nitrogens with one attached hydrogen (secondary N) is 2. The Hall–Kier alpha value is -4.47. The Labute approximate surface area is 264 Å². The Morgan fingerprint density at radius 3 is 2.36 bits per heavy atom. The lowest BCUT2D eigenvalue weighted by atomic mass is 10.00. The molecule has 2 aliphatic rings. The number of aromatic nitrogens is 2. The highest BCUT2D eigenvalue weighted by atomic mass is 16.5. The van der Waals surface area contributed by atoms with Crippen LogP contribution in [-0.4, -0.2) is 59.8 Å². The molecule has 3 aromatic carbocycles. The third-order valence-electron chi connectivity index (χ3n) is 8.70. The summed E-state index contributed by atoms with van der Waals surface area (Å²) in [5.41, 5.74) is 6.79. The van der Waals surface area contributed by atoms with Crippen LogP contribution in [0.4, 0.5) is 22.9 Å². The Morgan fingerprint density at radius 1 is 0.911 bits per heavy atom. The standard InChI is InChI=1S/C36H42N6O3/c1-3-30-31(8-7-9-32(30)39-35(43)27-12-16-29(17-13-27)42-18-5-4-6-19-42)33-25-40(2)36(44)34(38-33)37-28-14-10-26(11-15-28)24-41-20-22-45-23-21-41/h7-17,25H,3-6,18-24H2,1-2H3,(H,37,38)(H,39,43). The number of hydrogen-bond acceptors (Lipinski definition) is 7. The van der Waals surface area contributed by atoms with E-state index < -0.39 is 0 Å². The van der Waals surface area contributed by atoms with E-state index in [1.54, 1.807) is 17.8 Å². The molecule has 2 saturated heterocycles. The molecule has 0 spiro atoms. The van der Waals surface area contributed by atoms with Gasteiger partial charge in [-0.2, -0.15) is 0 Å². The van der Waals surface area contributed by atoms with Gasteiger partial charge in [0.15, 0.2) is 5.82 Å². The van der Waals surface area contributed by atoms with E-state index in [0.717, 1.165) is 74.1 Å². The van der Waals surface area contributed by atoms with Gasteiger partial charge in [-0.25, -0.2) is 4.98 Å². The van der Waals surface area contributed by atoms with E-state index in [1.165, 1.54) is 24.8 Å². The molecular formula is C36H42N6O3. The molecule has 1 aromatic heterocycles. The number of ether oxygens (including phenoxy) is 1. The van der Waals surface area contributed by atoms with Gasteiger partial charge in [-0.05, 0) is 79.3 Å². The first-order valence-corrected chi connectivity index (χ1v) is 16.0. The normalized spacial score (nSPS) is 15.6. The lowest BCUT2D eigenvalue weighted by Gasteiger charge is -2.28. The number of anilines is 4. The van der Waals surface area contributed by atoms with Crippen molar-refractivity contribution in [3.63, 3.8) is 0 Å². The fraction of sp³-hybridized carbons (Fsp3) is 0.361. The van der Waals surface area contributed by atoms with Gasteiger partial charge in [0.05, 0.1) is 18.9 Å². The average Bonchev–Trinajstić information content (AvgIpc) is 3.08. The molecule has 6 rings (SSSR count). The summed E-state index contributed by atoms with van der Waals surface area (Å²) in [6.45, 7) is 8.47. The molecule has 0 atom stereocenters. The summed E-state index contributed by atoms with van der Waals surface area (Å²) >= 11 is 0. The molecule has 0 unspecified atom stereocenters. The molecule has 234 valence electrons. The molecule has 2 N–H and O–H groups in total. The van der Waals surface area contributed by atoms with Crippen molar-refractivity contribution < 1.29 is 9.53 Å². The highest BCUT2D eigenvalue weighted by molar-refractivity contribution is 6.05. The maximum absolute atomic E-state index is 13.3. The Bertz CT molecular complexity index is 1670. The summed E-state index contributed by atoms with van der Waals surface area (Å²) in [6, 6.07) is 21.8. The van der Waals surface area contributed by atoms with E-state index in [9.17, 15) is 9.59 Å². The summed E-state index contributed by atoms with van der Waals surface area (Å²) in [5, 5.41) is 6.36. The van der Waals surface area contributed by atoms with Crippen LogP contribution in [0, 0.1) is 0 Å². The quantitative estimate of drug-likeness (QED) is 0.248. The Morgan fingerprint density at radius 2 is 1.64 bits per heavy atom. The highest BCUT2D eigenvalue weighted by Gasteiger charge is 2.17. The van der Waals surface area contributed by atoms with Crippen LogP contribution in [0.2, 0.25) is 0 Å². The first-order valence-electron chi connectivity index (χ1n) is 16.0. The molecule has 1 amide bonds. The number of nitrogens with zero attached hydrogens (tertiary/aromatic N) is 4. The summed E-state index contributed by atoms with van der Waals surface area (Å²) < 4.78 is 7.00. The van der Waals surface area contributed by atoms with Crippen molar-refractivity contribution in [2.75, 3.05) is 54.9 Å². The van der Waals surface area contributed by atoms with Crippen LogP contribution >= 0.6 is 0 Å². The van der Waals surface area contributed by atoms with E-state index >= 15 is 0 Å². The van der Waals surface area contributed by atoms with Crippen LogP contribution in [0.3, 0.4) is 0 Å². The number of morpholine rings is 1. The second kappa shape index (κ2) is 14.1. The van der Waals surface area contributed by atoms with Gasteiger partial charge >= 0.3 is 0 Å². The number of benzene rings is 3. The second-order valence-corrected chi connectivity index (χ2v) is 11.8. The van der Waals surface area contributed by atoms with Crippen LogP contribution in [-0.2, 0) is 24.8 Å². The number of carbonyl (C=O) groups is 1. The van der Waals surface area contributed by atoms with Gasteiger partial charge in [0.2, 0.25) is 0 Å². The highest BCUT2D eigenvalue weighted by Crippen LogP contribution is 2.30. The largest absolute Gasteiger partial charge is 0.379 e. The molecule has 0 aliphatic carbocycles. The lowest BCUT2D eigenvalue weighted by molar-refractivity contribution is 0.0342. The molecular weight excluding hydrogens is 564 g/mol. The van der Waals surface area contributed by atoms with Crippen molar-refractivity contribution in [2.24, 2.45) is 7.05 Å². The summed E-state index contributed by atoms with van der Waals surface area (Å²) in [7, 11) is 1.73. The van der Waals surface area contributed by atoms with Gasteiger partial charge in [0.25, 0.3) is 11.5 Å². The molecule has 4 aromatic rings. The van der Waals surface area contributed by atoms with Crippen LogP contribution in [0.1, 0.15) is 47.7 Å². The number of rotatable bonds is 9. The summed E-state index contributed by atoms with van der Waals surface area (Å²) in [5.74, 6) is 0.0982. The van der Waals surface area contributed by atoms with Crippen LogP contribution in [0.15, 0.2) is 77.7 Å². The fourth-order valence-electron chi connectivity index (χ4n) is 6.16. The number of amides is 1. The Kier molecular flexibility index (Phi) is 9.57. The zero-order valence-electron chi connectivity index (χ0n) is 26.2. The van der Waals surface area contributed by atoms with Gasteiger partial charge < -0.3 is 24.8 Å². The minimum Gasteiger partial charge on any atom is -0.379 e.